The summed E-state index contributed by atoms with van der Waals surface area (Å²) in [5, 5.41) is 13.6. The number of halogens is 2. The molecule has 154 valence electrons. The summed E-state index contributed by atoms with van der Waals surface area (Å²) in [4.78, 5) is 18.8. The molecule has 1 unspecified atom stereocenters. The van der Waals surface area contributed by atoms with E-state index in [0.29, 0.717) is 28.0 Å². The van der Waals surface area contributed by atoms with Crippen LogP contribution in [0.1, 0.15) is 32.6 Å². The third kappa shape index (κ3) is 5.57. The highest BCUT2D eigenvalue weighted by Crippen LogP contribution is 2.31. The van der Waals surface area contributed by atoms with Gasteiger partial charge in [0, 0.05) is 30.9 Å². The van der Waals surface area contributed by atoms with E-state index in [9.17, 15) is 4.79 Å². The van der Waals surface area contributed by atoms with Crippen molar-refractivity contribution in [1.82, 2.24) is 25.7 Å². The van der Waals surface area contributed by atoms with Crippen molar-refractivity contribution in [2.75, 3.05) is 32.0 Å². The lowest BCUT2D eigenvalue weighted by Gasteiger charge is -2.30. The average molecular weight is 429 g/mol. The van der Waals surface area contributed by atoms with Crippen molar-refractivity contribution >= 4 is 35.7 Å². The molecule has 8 nitrogen and oxygen atoms in total. The van der Waals surface area contributed by atoms with Gasteiger partial charge in [0.1, 0.15) is 0 Å². The van der Waals surface area contributed by atoms with Crippen molar-refractivity contribution in [2.24, 2.45) is 0 Å². The smallest absolute Gasteiger partial charge is 0.319 e. The summed E-state index contributed by atoms with van der Waals surface area (Å²) in [6.45, 7) is 8.36. The van der Waals surface area contributed by atoms with E-state index >= 15 is 0 Å². The molecule has 0 aliphatic carbocycles. The number of hydrogen-bond acceptors (Lipinski definition) is 6. The molecule has 1 saturated heterocycles. The standard InChI is InChI=1S/C18H25ClN6O2.ClH/c1-18(2,3)23-17(26)21-11-5-6-13(19)12(9-11)16-22-15(24-27-16)14-10-20-7-8-25(14)4;/h5-6,9,14,20H,7-8,10H2,1-4H3,(H2,21,23,26);1H. The zero-order valence-corrected chi connectivity index (χ0v) is 17.9. The lowest BCUT2D eigenvalue weighted by Crippen LogP contribution is -2.44. The average Bonchev–Trinajstić information content (AvgIpc) is 3.05. The van der Waals surface area contributed by atoms with Crippen molar-refractivity contribution in [3.8, 4) is 11.5 Å². The van der Waals surface area contributed by atoms with Gasteiger partial charge in [-0.15, -0.1) is 12.4 Å². The minimum atomic E-state index is -0.333. The summed E-state index contributed by atoms with van der Waals surface area (Å²) in [6.07, 6.45) is 0. The predicted octanol–water partition coefficient (Wildman–Crippen LogP) is 3.31. The first-order valence-electron chi connectivity index (χ1n) is 8.86. The van der Waals surface area contributed by atoms with E-state index in [4.69, 9.17) is 16.1 Å². The largest absolute Gasteiger partial charge is 0.334 e. The Labute approximate surface area is 175 Å². The summed E-state index contributed by atoms with van der Waals surface area (Å²) in [5.41, 5.74) is 0.837. The zero-order valence-electron chi connectivity index (χ0n) is 16.4. The molecule has 2 amide bonds. The van der Waals surface area contributed by atoms with Gasteiger partial charge in [0.05, 0.1) is 16.6 Å². The van der Waals surface area contributed by atoms with E-state index in [1.165, 1.54) is 0 Å². The Morgan fingerprint density at radius 2 is 2.14 bits per heavy atom. The number of rotatable bonds is 3. The van der Waals surface area contributed by atoms with E-state index in [-0.39, 0.29) is 30.0 Å². The molecule has 2 aromatic rings. The fourth-order valence-corrected chi connectivity index (χ4v) is 3.04. The van der Waals surface area contributed by atoms with Crippen LogP contribution in [0.25, 0.3) is 11.5 Å². The number of carbonyl (C=O) groups is 1. The monoisotopic (exact) mass is 428 g/mol. The van der Waals surface area contributed by atoms with Gasteiger partial charge >= 0.3 is 6.03 Å². The first-order chi connectivity index (χ1) is 12.7. The predicted molar refractivity (Wildman–Crippen MR) is 112 cm³/mol. The summed E-state index contributed by atoms with van der Waals surface area (Å²) in [5.74, 6) is 0.938. The van der Waals surface area contributed by atoms with Gasteiger partial charge in [-0.3, -0.25) is 4.90 Å². The van der Waals surface area contributed by atoms with Gasteiger partial charge in [-0.25, -0.2) is 4.79 Å². The number of benzene rings is 1. The second-order valence-electron chi connectivity index (χ2n) is 7.68. The van der Waals surface area contributed by atoms with Crippen molar-refractivity contribution in [3.05, 3.63) is 29.0 Å². The van der Waals surface area contributed by atoms with Crippen LogP contribution in [0.5, 0.6) is 0 Å². The highest BCUT2D eigenvalue weighted by Gasteiger charge is 2.26. The van der Waals surface area contributed by atoms with E-state index < -0.39 is 0 Å². The molecule has 28 heavy (non-hydrogen) atoms. The third-order valence-corrected chi connectivity index (χ3v) is 4.52. The van der Waals surface area contributed by atoms with Crippen LogP contribution in [-0.2, 0) is 0 Å². The molecule has 1 aliphatic rings. The Morgan fingerprint density at radius 1 is 1.39 bits per heavy atom. The number of nitrogens with one attached hydrogen (secondary N) is 3. The van der Waals surface area contributed by atoms with E-state index in [1.807, 2.05) is 27.8 Å². The van der Waals surface area contributed by atoms with Crippen molar-refractivity contribution in [1.29, 1.82) is 0 Å². The highest BCUT2D eigenvalue weighted by atomic mass is 35.5. The molecule has 1 fully saturated rings. The van der Waals surface area contributed by atoms with Crippen LogP contribution in [0.4, 0.5) is 10.5 Å². The van der Waals surface area contributed by atoms with Crippen LogP contribution >= 0.6 is 24.0 Å². The molecule has 0 radical (unpaired) electrons. The number of hydrogen-bond donors (Lipinski definition) is 3. The summed E-state index contributed by atoms with van der Waals surface area (Å²) >= 11 is 6.32. The summed E-state index contributed by atoms with van der Waals surface area (Å²) < 4.78 is 5.45. The number of urea groups is 1. The number of nitrogens with zero attached hydrogens (tertiary/aromatic N) is 3. The SMILES string of the molecule is CN1CCNCC1c1noc(-c2cc(NC(=O)NC(C)(C)C)ccc2Cl)n1.Cl. The Kier molecular flexibility index (Phi) is 7.28. The van der Waals surface area contributed by atoms with E-state index in [2.05, 4.69) is 31.0 Å². The maximum Gasteiger partial charge on any atom is 0.319 e. The number of aromatic nitrogens is 2. The Balaban J connectivity index is 0.00000280. The molecule has 0 spiro atoms. The molecule has 1 aliphatic heterocycles. The fourth-order valence-electron chi connectivity index (χ4n) is 2.84. The first kappa shape index (κ1) is 22.4. The Hall–Kier alpha value is -1.87. The van der Waals surface area contributed by atoms with Gasteiger partial charge in [-0.2, -0.15) is 4.98 Å². The highest BCUT2D eigenvalue weighted by molar-refractivity contribution is 6.33. The second kappa shape index (κ2) is 9.09. The third-order valence-electron chi connectivity index (χ3n) is 4.19. The topological polar surface area (TPSA) is 95.3 Å². The van der Waals surface area contributed by atoms with Gasteiger partial charge in [0.15, 0.2) is 5.82 Å². The quantitative estimate of drug-likeness (QED) is 0.693. The van der Waals surface area contributed by atoms with Crippen molar-refractivity contribution in [2.45, 2.75) is 32.4 Å². The second-order valence-corrected chi connectivity index (χ2v) is 8.09. The molecule has 3 N–H and O–H groups in total. The lowest BCUT2D eigenvalue weighted by atomic mass is 10.1. The Bertz CT molecular complexity index is 821. The molecule has 1 aromatic carbocycles. The van der Waals surface area contributed by atoms with Gasteiger partial charge in [0.2, 0.25) is 0 Å². The van der Waals surface area contributed by atoms with Crippen LogP contribution in [0.2, 0.25) is 5.02 Å². The van der Waals surface area contributed by atoms with Crippen molar-refractivity contribution < 1.29 is 9.32 Å². The lowest BCUT2D eigenvalue weighted by molar-refractivity contribution is 0.190. The molecule has 10 heteroatoms. The maximum absolute atomic E-state index is 12.1. The maximum atomic E-state index is 12.1. The molecule has 0 saturated carbocycles. The summed E-state index contributed by atoms with van der Waals surface area (Å²) in [7, 11) is 2.03. The number of piperazine rings is 1. The molecule has 3 rings (SSSR count). The van der Waals surface area contributed by atoms with Crippen LogP contribution in [0.3, 0.4) is 0 Å². The molecule has 1 atom stereocenters. The van der Waals surface area contributed by atoms with Gasteiger partial charge in [-0.1, -0.05) is 16.8 Å². The minimum absolute atomic E-state index is 0. The molecule has 0 bridgehead atoms. The van der Waals surface area contributed by atoms with Crippen LogP contribution in [-0.4, -0.2) is 53.3 Å². The van der Waals surface area contributed by atoms with Crippen LogP contribution < -0.4 is 16.0 Å². The number of amides is 2. The van der Waals surface area contributed by atoms with Gasteiger partial charge < -0.3 is 20.5 Å². The van der Waals surface area contributed by atoms with E-state index in [1.54, 1.807) is 18.2 Å². The zero-order chi connectivity index (χ0) is 19.6. The molecular formula is C18H26Cl2N6O2. The van der Waals surface area contributed by atoms with Gasteiger partial charge in [-0.05, 0) is 46.0 Å². The molecule has 2 heterocycles. The number of carbonyl (C=O) groups excluding carboxylic acids is 1. The van der Waals surface area contributed by atoms with E-state index in [0.717, 1.165) is 19.6 Å². The molecule has 1 aromatic heterocycles. The number of likely N-dealkylation sites (N-methyl/N-ethyl adjacent to an activating group) is 1. The molecular weight excluding hydrogens is 403 g/mol. The van der Waals surface area contributed by atoms with Crippen LogP contribution in [0, 0.1) is 0 Å². The van der Waals surface area contributed by atoms with Gasteiger partial charge in [0.25, 0.3) is 5.89 Å². The number of anilines is 1. The fraction of sp³-hybridized carbons (Fsp3) is 0.500. The van der Waals surface area contributed by atoms with Crippen molar-refractivity contribution in [3.63, 3.8) is 0 Å². The Morgan fingerprint density at radius 3 is 2.82 bits per heavy atom. The normalized spacial score (nSPS) is 17.7. The first-order valence-corrected chi connectivity index (χ1v) is 9.24. The van der Waals surface area contributed by atoms with Crippen LogP contribution in [0.15, 0.2) is 22.7 Å². The summed E-state index contributed by atoms with van der Waals surface area (Å²) in [6, 6.07) is 4.90. The minimum Gasteiger partial charge on any atom is -0.334 e.